The van der Waals surface area contributed by atoms with E-state index in [1.807, 2.05) is 48.0 Å². The third-order valence-corrected chi connectivity index (χ3v) is 4.14. The molecule has 120 valence electrons. The van der Waals surface area contributed by atoms with Crippen LogP contribution in [-0.2, 0) is 16.1 Å². The first-order chi connectivity index (χ1) is 11.1. The zero-order valence-electron chi connectivity index (χ0n) is 13.1. The minimum Gasteiger partial charge on any atom is -0.354 e. The average Bonchev–Trinajstić information content (AvgIpc) is 3.14. The van der Waals surface area contributed by atoms with Gasteiger partial charge in [0.25, 0.3) is 0 Å². The minimum absolute atomic E-state index is 0.00167. The molecule has 0 unspecified atom stereocenters. The van der Waals surface area contributed by atoms with Crippen molar-refractivity contribution in [3.8, 4) is 0 Å². The number of nitrogens with one attached hydrogen (secondary N) is 1. The van der Waals surface area contributed by atoms with Gasteiger partial charge < -0.3 is 14.8 Å². The summed E-state index contributed by atoms with van der Waals surface area (Å²) >= 11 is 0. The van der Waals surface area contributed by atoms with E-state index in [9.17, 15) is 9.59 Å². The number of rotatable bonds is 5. The Morgan fingerprint density at radius 3 is 2.83 bits per heavy atom. The van der Waals surface area contributed by atoms with Crippen molar-refractivity contribution in [1.82, 2.24) is 14.9 Å². The molecule has 23 heavy (non-hydrogen) atoms. The highest BCUT2D eigenvalue weighted by Gasteiger charge is 2.34. The van der Waals surface area contributed by atoms with Gasteiger partial charge in [0.05, 0.1) is 5.92 Å². The third-order valence-electron chi connectivity index (χ3n) is 4.14. The number of aromatic nitrogens is 2. The molecule has 1 saturated heterocycles. The molecule has 1 aliphatic rings. The van der Waals surface area contributed by atoms with Crippen LogP contribution in [-0.4, -0.2) is 34.5 Å². The van der Waals surface area contributed by atoms with Crippen LogP contribution in [0.2, 0.25) is 0 Å². The van der Waals surface area contributed by atoms with Crippen molar-refractivity contribution in [3.05, 3.63) is 48.5 Å². The second-order valence-electron chi connectivity index (χ2n) is 5.70. The van der Waals surface area contributed by atoms with E-state index in [1.165, 1.54) is 0 Å². The topological polar surface area (TPSA) is 67.2 Å². The molecule has 0 radical (unpaired) electrons. The van der Waals surface area contributed by atoms with Crippen LogP contribution in [0.5, 0.6) is 0 Å². The normalized spacial score (nSPS) is 17.5. The number of carbonyl (C=O) groups excluding carboxylic acids is 2. The molecule has 1 atom stereocenters. The molecule has 2 amide bonds. The van der Waals surface area contributed by atoms with Gasteiger partial charge >= 0.3 is 0 Å². The van der Waals surface area contributed by atoms with Gasteiger partial charge in [0.1, 0.15) is 5.82 Å². The number of imidazole rings is 1. The van der Waals surface area contributed by atoms with Crippen LogP contribution in [0.1, 0.15) is 12.2 Å². The van der Waals surface area contributed by atoms with Gasteiger partial charge in [-0.25, -0.2) is 4.98 Å². The monoisotopic (exact) mass is 312 g/mol. The summed E-state index contributed by atoms with van der Waals surface area (Å²) in [6, 6.07) is 9.47. The smallest absolute Gasteiger partial charge is 0.227 e. The van der Waals surface area contributed by atoms with Crippen LogP contribution in [0, 0.1) is 12.8 Å². The van der Waals surface area contributed by atoms with Gasteiger partial charge in [-0.3, -0.25) is 9.59 Å². The van der Waals surface area contributed by atoms with Crippen LogP contribution in [0.15, 0.2) is 42.7 Å². The van der Waals surface area contributed by atoms with Crippen molar-refractivity contribution in [2.24, 2.45) is 5.92 Å². The van der Waals surface area contributed by atoms with Gasteiger partial charge in [-0.2, -0.15) is 0 Å². The summed E-state index contributed by atoms with van der Waals surface area (Å²) in [4.78, 5) is 30.2. The van der Waals surface area contributed by atoms with Gasteiger partial charge in [-0.15, -0.1) is 0 Å². The lowest BCUT2D eigenvalue weighted by Crippen LogP contribution is -2.34. The molecule has 0 saturated carbocycles. The highest BCUT2D eigenvalue weighted by atomic mass is 16.2. The molecular formula is C17H20N4O2. The molecule has 2 heterocycles. The van der Waals surface area contributed by atoms with Gasteiger partial charge in [-0.1, -0.05) is 18.2 Å². The van der Waals surface area contributed by atoms with Crippen LogP contribution in [0.4, 0.5) is 5.69 Å². The summed E-state index contributed by atoms with van der Waals surface area (Å²) in [5.74, 6) is 0.577. The Hall–Kier alpha value is -2.63. The number of nitrogens with zero attached hydrogens (tertiary/aromatic N) is 3. The highest BCUT2D eigenvalue weighted by molar-refractivity contribution is 6.00. The molecule has 1 N–H and O–H groups in total. The quantitative estimate of drug-likeness (QED) is 0.906. The van der Waals surface area contributed by atoms with Crippen LogP contribution < -0.4 is 10.2 Å². The number of para-hydroxylation sites is 1. The molecule has 6 nitrogen and oxygen atoms in total. The minimum atomic E-state index is -0.286. The Balaban J connectivity index is 1.53. The summed E-state index contributed by atoms with van der Waals surface area (Å²) < 4.78 is 1.98. The Kier molecular flexibility index (Phi) is 4.41. The van der Waals surface area contributed by atoms with Crippen molar-refractivity contribution in [3.63, 3.8) is 0 Å². The lowest BCUT2D eigenvalue weighted by Gasteiger charge is -2.16. The number of aryl methyl sites for hydroxylation is 1. The van der Waals surface area contributed by atoms with E-state index in [1.54, 1.807) is 11.1 Å². The number of hydrogen-bond donors (Lipinski definition) is 1. The van der Waals surface area contributed by atoms with Crippen molar-refractivity contribution < 1.29 is 9.59 Å². The number of anilines is 1. The lowest BCUT2D eigenvalue weighted by atomic mass is 10.1. The van der Waals surface area contributed by atoms with Gasteiger partial charge in [0.15, 0.2) is 0 Å². The molecule has 0 spiro atoms. The maximum atomic E-state index is 12.3. The maximum Gasteiger partial charge on any atom is 0.227 e. The number of amides is 2. The molecule has 3 rings (SSSR count). The number of hydrogen-bond acceptors (Lipinski definition) is 3. The second kappa shape index (κ2) is 6.64. The standard InChI is InChI=1S/C17H20N4O2/c1-13-18-7-9-20(13)10-8-19-17(23)14-11-16(22)21(12-14)15-5-3-2-4-6-15/h2-7,9,14H,8,10-12H2,1H3,(H,19,23)/t14-/m0/s1. The van der Waals surface area contributed by atoms with Crippen molar-refractivity contribution in [1.29, 1.82) is 0 Å². The molecule has 6 heteroatoms. The fourth-order valence-corrected chi connectivity index (χ4v) is 2.82. The molecule has 0 bridgehead atoms. The first-order valence-electron chi connectivity index (χ1n) is 7.76. The number of benzene rings is 1. The van der Waals surface area contributed by atoms with Crippen molar-refractivity contribution in [2.45, 2.75) is 19.9 Å². The Bertz CT molecular complexity index is 696. The Morgan fingerprint density at radius 2 is 2.13 bits per heavy atom. The maximum absolute atomic E-state index is 12.3. The first kappa shape index (κ1) is 15.3. The molecule has 0 aliphatic carbocycles. The van der Waals surface area contributed by atoms with Gasteiger partial charge in [0, 0.05) is 44.1 Å². The average molecular weight is 312 g/mol. The third kappa shape index (κ3) is 3.41. The van der Waals surface area contributed by atoms with Crippen molar-refractivity contribution >= 4 is 17.5 Å². The summed E-state index contributed by atoms with van der Waals surface area (Å²) in [5, 5.41) is 2.92. The molecule has 1 aromatic heterocycles. The van der Waals surface area contributed by atoms with Crippen LogP contribution >= 0.6 is 0 Å². The SMILES string of the molecule is Cc1nccn1CCNC(=O)[C@H]1CC(=O)N(c2ccccc2)C1. The van der Waals surface area contributed by atoms with E-state index in [0.29, 0.717) is 19.6 Å². The fourth-order valence-electron chi connectivity index (χ4n) is 2.82. The zero-order valence-corrected chi connectivity index (χ0v) is 13.1. The van der Waals surface area contributed by atoms with Crippen molar-refractivity contribution in [2.75, 3.05) is 18.0 Å². The second-order valence-corrected chi connectivity index (χ2v) is 5.70. The van der Waals surface area contributed by atoms with E-state index >= 15 is 0 Å². The number of carbonyl (C=O) groups is 2. The zero-order chi connectivity index (χ0) is 16.2. The largest absolute Gasteiger partial charge is 0.354 e. The fraction of sp³-hybridized carbons (Fsp3) is 0.353. The van der Waals surface area contributed by atoms with Crippen LogP contribution in [0.25, 0.3) is 0 Å². The molecular weight excluding hydrogens is 292 g/mol. The predicted octanol–water partition coefficient (Wildman–Crippen LogP) is 1.36. The van der Waals surface area contributed by atoms with Gasteiger partial charge in [-0.05, 0) is 19.1 Å². The summed E-state index contributed by atoms with van der Waals surface area (Å²) in [6.45, 7) is 3.58. The molecule has 1 aromatic carbocycles. The van der Waals surface area contributed by atoms with E-state index in [4.69, 9.17) is 0 Å². The van der Waals surface area contributed by atoms with E-state index in [0.717, 1.165) is 11.5 Å². The molecule has 1 aliphatic heterocycles. The summed E-state index contributed by atoms with van der Waals surface area (Å²) in [5.41, 5.74) is 0.849. The Labute approximate surface area is 135 Å². The Morgan fingerprint density at radius 1 is 1.35 bits per heavy atom. The summed E-state index contributed by atoms with van der Waals surface area (Å²) in [7, 11) is 0. The molecule has 2 aromatic rings. The highest BCUT2D eigenvalue weighted by Crippen LogP contribution is 2.24. The van der Waals surface area contributed by atoms with Crippen LogP contribution in [0.3, 0.4) is 0 Å². The molecule has 1 fully saturated rings. The predicted molar refractivity (Wildman–Crippen MR) is 86.9 cm³/mol. The van der Waals surface area contributed by atoms with E-state index < -0.39 is 0 Å². The van der Waals surface area contributed by atoms with E-state index in [2.05, 4.69) is 10.3 Å². The van der Waals surface area contributed by atoms with E-state index in [-0.39, 0.29) is 24.2 Å². The lowest BCUT2D eigenvalue weighted by molar-refractivity contribution is -0.126. The first-order valence-corrected chi connectivity index (χ1v) is 7.76. The van der Waals surface area contributed by atoms with Gasteiger partial charge in [0.2, 0.25) is 11.8 Å². The summed E-state index contributed by atoms with van der Waals surface area (Å²) in [6.07, 6.45) is 3.90.